The van der Waals surface area contributed by atoms with Gasteiger partial charge in [0.2, 0.25) is 5.91 Å². The minimum Gasteiger partial charge on any atom is -0.459 e. The van der Waals surface area contributed by atoms with Crippen molar-refractivity contribution in [2.24, 2.45) is 0 Å². The van der Waals surface area contributed by atoms with E-state index in [4.69, 9.17) is 9.15 Å². The zero-order valence-corrected chi connectivity index (χ0v) is 18.3. The fourth-order valence-electron chi connectivity index (χ4n) is 4.04. The first-order valence-electron chi connectivity index (χ1n) is 10.4. The monoisotopic (exact) mass is 438 g/mol. The van der Waals surface area contributed by atoms with Crippen LogP contribution in [0.15, 0.2) is 64.6 Å². The number of methoxy groups -OCH3 is 1. The van der Waals surface area contributed by atoms with Crippen LogP contribution in [0.25, 0.3) is 0 Å². The van der Waals surface area contributed by atoms with Gasteiger partial charge in [-0.2, -0.15) is 0 Å². The molecule has 0 saturated carbocycles. The Kier molecular flexibility index (Phi) is 6.84. The Bertz CT molecular complexity index is 1000. The van der Waals surface area contributed by atoms with E-state index in [0.717, 1.165) is 12.0 Å². The average molecular weight is 439 g/mol. The molecule has 0 aliphatic carbocycles. The number of benzene rings is 1. The zero-order valence-electron chi connectivity index (χ0n) is 17.5. The van der Waals surface area contributed by atoms with E-state index in [1.807, 2.05) is 23.1 Å². The van der Waals surface area contributed by atoms with Crippen LogP contribution >= 0.6 is 11.3 Å². The van der Waals surface area contributed by atoms with Gasteiger partial charge in [-0.3, -0.25) is 9.59 Å². The van der Waals surface area contributed by atoms with Crippen LogP contribution in [0.3, 0.4) is 0 Å². The van der Waals surface area contributed by atoms with Gasteiger partial charge in [-0.1, -0.05) is 30.3 Å². The van der Waals surface area contributed by atoms with Crippen LogP contribution in [0.2, 0.25) is 0 Å². The molecule has 0 bridgehead atoms. The molecule has 4 rings (SSSR count). The second-order valence-electron chi connectivity index (χ2n) is 7.50. The van der Waals surface area contributed by atoms with E-state index in [-0.39, 0.29) is 30.2 Å². The summed E-state index contributed by atoms with van der Waals surface area (Å²) in [4.78, 5) is 31.2. The Labute approximate surface area is 186 Å². The van der Waals surface area contributed by atoms with E-state index >= 15 is 0 Å². The van der Waals surface area contributed by atoms with Crippen molar-refractivity contribution >= 4 is 23.2 Å². The van der Waals surface area contributed by atoms with Crippen LogP contribution < -0.4 is 0 Å². The highest BCUT2D eigenvalue weighted by molar-refractivity contribution is 7.10. The van der Waals surface area contributed by atoms with Gasteiger partial charge in [0, 0.05) is 31.7 Å². The third-order valence-corrected chi connectivity index (χ3v) is 6.52. The van der Waals surface area contributed by atoms with Gasteiger partial charge in [0.05, 0.1) is 12.3 Å². The van der Waals surface area contributed by atoms with Crippen LogP contribution in [0, 0.1) is 0 Å². The molecule has 0 fully saturated rings. The van der Waals surface area contributed by atoms with Crippen molar-refractivity contribution in [3.8, 4) is 0 Å². The number of ether oxygens (including phenoxy) is 1. The molecule has 3 heterocycles. The van der Waals surface area contributed by atoms with Crippen molar-refractivity contribution in [1.82, 2.24) is 9.80 Å². The van der Waals surface area contributed by atoms with E-state index in [1.165, 1.54) is 16.7 Å². The molecule has 1 atom stereocenters. The maximum Gasteiger partial charge on any atom is 0.290 e. The largest absolute Gasteiger partial charge is 0.459 e. The molecule has 0 N–H and O–H groups in total. The fraction of sp³-hybridized carbons (Fsp3) is 0.333. The molecule has 1 aliphatic rings. The first-order valence-corrected chi connectivity index (χ1v) is 11.3. The van der Waals surface area contributed by atoms with Gasteiger partial charge in [-0.25, -0.2) is 0 Å². The number of carbonyl (C=O) groups excluding carboxylic acids is 2. The van der Waals surface area contributed by atoms with Gasteiger partial charge in [0.1, 0.15) is 6.54 Å². The molecule has 0 spiro atoms. The van der Waals surface area contributed by atoms with Crippen molar-refractivity contribution in [1.29, 1.82) is 0 Å². The van der Waals surface area contributed by atoms with Crippen LogP contribution in [-0.4, -0.2) is 55.0 Å². The number of hydrogen-bond acceptors (Lipinski definition) is 5. The summed E-state index contributed by atoms with van der Waals surface area (Å²) in [6.07, 6.45) is 2.95. The first-order chi connectivity index (χ1) is 15.2. The summed E-state index contributed by atoms with van der Waals surface area (Å²) in [6.45, 7) is 1.58. The Morgan fingerprint density at radius 2 is 2.03 bits per heavy atom. The molecule has 1 aliphatic heterocycles. The second kappa shape index (κ2) is 9.94. The highest BCUT2D eigenvalue weighted by Crippen LogP contribution is 2.37. The Hall–Kier alpha value is -2.90. The second-order valence-corrected chi connectivity index (χ2v) is 8.50. The van der Waals surface area contributed by atoms with Gasteiger partial charge < -0.3 is 19.0 Å². The third kappa shape index (κ3) is 4.73. The van der Waals surface area contributed by atoms with Gasteiger partial charge in [-0.15, -0.1) is 11.3 Å². The number of furan rings is 1. The Morgan fingerprint density at radius 3 is 2.77 bits per heavy atom. The Balaban J connectivity index is 1.57. The fourth-order valence-corrected chi connectivity index (χ4v) is 4.95. The van der Waals surface area contributed by atoms with E-state index in [9.17, 15) is 9.59 Å². The SMILES string of the molecule is COCCCN(CC(=O)N1CCc2sccc2C1c1ccccc1)C(=O)c1ccco1. The lowest BCUT2D eigenvalue weighted by molar-refractivity contribution is -0.134. The van der Waals surface area contributed by atoms with Gasteiger partial charge in [-0.05, 0) is 47.5 Å². The molecule has 7 heteroatoms. The van der Waals surface area contributed by atoms with Crippen LogP contribution in [0.4, 0.5) is 0 Å². The number of nitrogens with zero attached hydrogens (tertiary/aromatic N) is 2. The van der Waals surface area contributed by atoms with Crippen molar-refractivity contribution in [2.75, 3.05) is 33.4 Å². The standard InChI is InChI=1S/C24H26N2O4S/c1-29-14-6-12-25(24(28)20-9-5-15-30-20)17-22(27)26-13-10-21-19(11-16-31-21)23(26)18-7-3-2-4-8-18/h2-5,7-9,11,15-16,23H,6,10,12-14,17H2,1H3. The summed E-state index contributed by atoms with van der Waals surface area (Å²) in [7, 11) is 1.63. The first kappa shape index (κ1) is 21.3. The number of amides is 2. The van der Waals surface area contributed by atoms with E-state index in [1.54, 1.807) is 35.5 Å². The lowest BCUT2D eigenvalue weighted by atomic mass is 9.93. The van der Waals surface area contributed by atoms with Crippen LogP contribution in [0.1, 0.15) is 39.0 Å². The maximum atomic E-state index is 13.5. The number of rotatable bonds is 8. The third-order valence-electron chi connectivity index (χ3n) is 5.52. The van der Waals surface area contributed by atoms with Crippen molar-refractivity contribution in [2.45, 2.75) is 18.9 Å². The smallest absolute Gasteiger partial charge is 0.290 e. The molecule has 0 radical (unpaired) electrons. The van der Waals surface area contributed by atoms with E-state index < -0.39 is 0 Å². The molecular formula is C24H26N2O4S. The average Bonchev–Trinajstić information content (AvgIpc) is 3.50. The summed E-state index contributed by atoms with van der Waals surface area (Å²) in [5.41, 5.74) is 2.26. The lowest BCUT2D eigenvalue weighted by Crippen LogP contribution is -2.47. The normalized spacial score (nSPS) is 15.5. The molecule has 6 nitrogen and oxygen atoms in total. The molecule has 2 aromatic heterocycles. The minimum absolute atomic E-state index is 0.00600. The topological polar surface area (TPSA) is 63.0 Å². The molecule has 3 aromatic rings. The highest BCUT2D eigenvalue weighted by atomic mass is 32.1. The maximum absolute atomic E-state index is 13.5. The predicted molar refractivity (Wildman–Crippen MR) is 119 cm³/mol. The Morgan fingerprint density at radius 1 is 1.19 bits per heavy atom. The zero-order chi connectivity index (χ0) is 21.6. The number of fused-ring (bicyclic) bond motifs is 1. The van der Waals surface area contributed by atoms with Gasteiger partial charge in [0.25, 0.3) is 5.91 Å². The van der Waals surface area contributed by atoms with Gasteiger partial charge >= 0.3 is 0 Å². The number of carbonyl (C=O) groups is 2. The molecule has 31 heavy (non-hydrogen) atoms. The molecule has 1 unspecified atom stereocenters. The van der Waals surface area contributed by atoms with Crippen LogP contribution in [0.5, 0.6) is 0 Å². The van der Waals surface area contributed by atoms with Crippen LogP contribution in [-0.2, 0) is 16.0 Å². The molecule has 2 amide bonds. The number of thiophene rings is 1. The van der Waals surface area contributed by atoms with E-state index in [0.29, 0.717) is 26.1 Å². The quantitative estimate of drug-likeness (QED) is 0.499. The summed E-state index contributed by atoms with van der Waals surface area (Å²) >= 11 is 1.74. The number of hydrogen-bond donors (Lipinski definition) is 0. The van der Waals surface area contributed by atoms with Crippen molar-refractivity contribution in [3.63, 3.8) is 0 Å². The summed E-state index contributed by atoms with van der Waals surface area (Å²) in [5.74, 6) is -0.106. The van der Waals surface area contributed by atoms with Crippen molar-refractivity contribution in [3.05, 3.63) is 81.9 Å². The molecule has 1 aromatic carbocycles. The summed E-state index contributed by atoms with van der Waals surface area (Å²) < 4.78 is 10.4. The molecular weight excluding hydrogens is 412 g/mol. The summed E-state index contributed by atoms with van der Waals surface area (Å²) in [5, 5.41) is 2.09. The minimum atomic E-state index is -0.279. The van der Waals surface area contributed by atoms with Gasteiger partial charge in [0.15, 0.2) is 5.76 Å². The highest BCUT2D eigenvalue weighted by Gasteiger charge is 2.34. The predicted octanol–water partition coefficient (Wildman–Crippen LogP) is 3.99. The summed E-state index contributed by atoms with van der Waals surface area (Å²) in [6, 6.07) is 15.4. The van der Waals surface area contributed by atoms with Crippen molar-refractivity contribution < 1.29 is 18.7 Å². The molecule has 162 valence electrons. The molecule has 0 saturated heterocycles. The van der Waals surface area contributed by atoms with E-state index in [2.05, 4.69) is 23.6 Å². The lowest BCUT2D eigenvalue weighted by Gasteiger charge is -2.37.